The van der Waals surface area contributed by atoms with Crippen LogP contribution in [-0.2, 0) is 13.0 Å². The normalized spacial score (nSPS) is 11.8. The van der Waals surface area contributed by atoms with Crippen LogP contribution in [0.5, 0.6) is 0 Å². The van der Waals surface area contributed by atoms with Gasteiger partial charge in [-0.3, -0.25) is 0 Å². The Morgan fingerprint density at radius 2 is 1.81 bits per heavy atom. The number of likely N-dealkylation sites (N-methyl/N-ethyl adjacent to an activating group) is 1. The van der Waals surface area contributed by atoms with Gasteiger partial charge >= 0.3 is 0 Å². The fourth-order valence-electron chi connectivity index (χ4n) is 2.24. The van der Waals surface area contributed by atoms with Gasteiger partial charge in [-0.2, -0.15) is 0 Å². The van der Waals surface area contributed by atoms with Gasteiger partial charge in [-0.25, -0.2) is 0 Å². The molecule has 4 heteroatoms. The van der Waals surface area contributed by atoms with Crippen molar-refractivity contribution in [3.63, 3.8) is 0 Å². The van der Waals surface area contributed by atoms with Crippen LogP contribution in [0.4, 0.5) is 0 Å². The van der Waals surface area contributed by atoms with E-state index in [1.54, 1.807) is 0 Å². The van der Waals surface area contributed by atoms with Gasteiger partial charge in [0.2, 0.25) is 0 Å². The van der Waals surface area contributed by atoms with E-state index < -0.39 is 0 Å². The molecule has 0 aromatic heterocycles. The molecule has 110 valence electrons. The average Bonchev–Trinajstić information content (AvgIpc) is 2.53. The Balaban J connectivity index is 1.92. The smallest absolute Gasteiger partial charge is 0.170 e. The predicted molar refractivity (Wildman–Crippen MR) is 85.4 cm³/mol. The third kappa shape index (κ3) is 4.61. The summed E-state index contributed by atoms with van der Waals surface area (Å²) in [5.41, 5.74) is 8.85. The van der Waals surface area contributed by atoms with E-state index in [1.807, 2.05) is 30.3 Å². The average molecular weight is 283 g/mol. The highest BCUT2D eigenvalue weighted by molar-refractivity contribution is 5.97. The SMILES string of the molecule is CN(CCc1ccccc1)Cc1cccc(C(N)=NO)c1. The van der Waals surface area contributed by atoms with E-state index in [-0.39, 0.29) is 5.84 Å². The summed E-state index contributed by atoms with van der Waals surface area (Å²) in [4.78, 5) is 2.26. The highest BCUT2D eigenvalue weighted by Crippen LogP contribution is 2.08. The number of oxime groups is 1. The molecule has 0 atom stereocenters. The first kappa shape index (κ1) is 15.1. The van der Waals surface area contributed by atoms with Crippen molar-refractivity contribution in [3.05, 3.63) is 71.3 Å². The van der Waals surface area contributed by atoms with Crippen molar-refractivity contribution >= 4 is 5.84 Å². The van der Waals surface area contributed by atoms with Crippen molar-refractivity contribution in [2.45, 2.75) is 13.0 Å². The van der Waals surface area contributed by atoms with Gasteiger partial charge in [-0.1, -0.05) is 53.7 Å². The second kappa shape index (κ2) is 7.45. The molecule has 0 unspecified atom stereocenters. The van der Waals surface area contributed by atoms with Crippen molar-refractivity contribution in [2.24, 2.45) is 10.9 Å². The van der Waals surface area contributed by atoms with Gasteiger partial charge < -0.3 is 15.8 Å². The van der Waals surface area contributed by atoms with E-state index in [0.29, 0.717) is 0 Å². The van der Waals surface area contributed by atoms with E-state index >= 15 is 0 Å². The molecule has 21 heavy (non-hydrogen) atoms. The minimum Gasteiger partial charge on any atom is -0.409 e. The Labute approximate surface area is 125 Å². The number of amidine groups is 1. The fourth-order valence-corrected chi connectivity index (χ4v) is 2.24. The van der Waals surface area contributed by atoms with Gasteiger partial charge in [-0.05, 0) is 30.7 Å². The zero-order valence-corrected chi connectivity index (χ0v) is 12.2. The Morgan fingerprint density at radius 3 is 2.52 bits per heavy atom. The molecule has 0 saturated heterocycles. The third-order valence-electron chi connectivity index (χ3n) is 3.41. The molecule has 0 aliphatic rings. The zero-order chi connectivity index (χ0) is 15.1. The third-order valence-corrected chi connectivity index (χ3v) is 3.41. The summed E-state index contributed by atoms with van der Waals surface area (Å²) < 4.78 is 0. The van der Waals surface area contributed by atoms with Crippen molar-refractivity contribution in [1.29, 1.82) is 0 Å². The molecular formula is C17H21N3O. The standard InChI is InChI=1S/C17H21N3O/c1-20(11-10-14-6-3-2-4-7-14)13-15-8-5-9-16(12-15)17(18)19-21/h2-9,12,21H,10-11,13H2,1H3,(H2,18,19). The lowest BCUT2D eigenvalue weighted by Crippen LogP contribution is -2.21. The van der Waals surface area contributed by atoms with Gasteiger partial charge in [0, 0.05) is 18.7 Å². The van der Waals surface area contributed by atoms with Crippen LogP contribution in [0.15, 0.2) is 59.8 Å². The molecule has 0 fully saturated rings. The second-order valence-electron chi connectivity index (χ2n) is 5.16. The van der Waals surface area contributed by atoms with Crippen molar-refractivity contribution in [1.82, 2.24) is 4.90 Å². The molecular weight excluding hydrogens is 262 g/mol. The van der Waals surface area contributed by atoms with E-state index in [0.717, 1.165) is 30.6 Å². The Morgan fingerprint density at radius 1 is 1.10 bits per heavy atom. The van der Waals surface area contributed by atoms with Gasteiger partial charge in [0.15, 0.2) is 5.84 Å². The fraction of sp³-hybridized carbons (Fsp3) is 0.235. The molecule has 2 aromatic carbocycles. The number of benzene rings is 2. The van der Waals surface area contributed by atoms with Crippen LogP contribution in [0.2, 0.25) is 0 Å². The van der Waals surface area contributed by atoms with Crippen molar-refractivity contribution < 1.29 is 5.21 Å². The highest BCUT2D eigenvalue weighted by Gasteiger charge is 2.04. The van der Waals surface area contributed by atoms with Crippen LogP contribution in [0.1, 0.15) is 16.7 Å². The number of hydrogen-bond acceptors (Lipinski definition) is 3. The number of hydrogen-bond donors (Lipinski definition) is 2. The summed E-state index contributed by atoms with van der Waals surface area (Å²) >= 11 is 0. The van der Waals surface area contributed by atoms with Crippen LogP contribution in [-0.4, -0.2) is 29.5 Å². The minimum absolute atomic E-state index is 0.142. The lowest BCUT2D eigenvalue weighted by atomic mass is 10.1. The molecule has 0 aliphatic carbocycles. The van der Waals surface area contributed by atoms with E-state index in [1.165, 1.54) is 5.56 Å². The molecule has 0 aliphatic heterocycles. The molecule has 0 amide bonds. The molecule has 0 radical (unpaired) electrons. The summed E-state index contributed by atoms with van der Waals surface area (Å²) in [5.74, 6) is 0.142. The van der Waals surface area contributed by atoms with E-state index in [9.17, 15) is 0 Å². The van der Waals surface area contributed by atoms with Crippen LogP contribution in [0.25, 0.3) is 0 Å². The number of nitrogens with zero attached hydrogens (tertiary/aromatic N) is 2. The maximum absolute atomic E-state index is 8.72. The molecule has 2 aromatic rings. The van der Waals surface area contributed by atoms with E-state index in [4.69, 9.17) is 10.9 Å². The minimum atomic E-state index is 0.142. The first-order valence-corrected chi connectivity index (χ1v) is 6.98. The maximum Gasteiger partial charge on any atom is 0.170 e. The Bertz CT molecular complexity index is 596. The number of nitrogens with two attached hydrogens (primary N) is 1. The molecule has 0 heterocycles. The van der Waals surface area contributed by atoms with Crippen molar-refractivity contribution in [2.75, 3.05) is 13.6 Å². The summed E-state index contributed by atoms with van der Waals surface area (Å²) in [7, 11) is 2.10. The van der Waals surface area contributed by atoms with Gasteiger partial charge in [0.25, 0.3) is 0 Å². The number of rotatable bonds is 6. The highest BCUT2D eigenvalue weighted by atomic mass is 16.4. The monoisotopic (exact) mass is 283 g/mol. The van der Waals surface area contributed by atoms with Crippen LogP contribution < -0.4 is 5.73 Å². The summed E-state index contributed by atoms with van der Waals surface area (Å²) in [6.45, 7) is 1.82. The summed E-state index contributed by atoms with van der Waals surface area (Å²) in [5, 5.41) is 11.8. The second-order valence-corrected chi connectivity index (χ2v) is 5.16. The molecule has 4 nitrogen and oxygen atoms in total. The lowest BCUT2D eigenvalue weighted by Gasteiger charge is -2.17. The Hall–Kier alpha value is -2.33. The zero-order valence-electron chi connectivity index (χ0n) is 12.2. The first-order chi connectivity index (χ1) is 10.2. The first-order valence-electron chi connectivity index (χ1n) is 6.98. The summed E-state index contributed by atoms with van der Waals surface area (Å²) in [6, 6.07) is 18.2. The maximum atomic E-state index is 8.72. The van der Waals surface area contributed by atoms with Crippen LogP contribution in [0, 0.1) is 0 Å². The quantitative estimate of drug-likeness (QED) is 0.370. The molecule has 0 bridgehead atoms. The van der Waals surface area contributed by atoms with E-state index in [2.05, 4.69) is 41.4 Å². The summed E-state index contributed by atoms with van der Waals surface area (Å²) in [6.07, 6.45) is 1.03. The predicted octanol–water partition coefficient (Wildman–Crippen LogP) is 2.46. The topological polar surface area (TPSA) is 61.8 Å². The molecule has 3 N–H and O–H groups in total. The van der Waals surface area contributed by atoms with Crippen LogP contribution in [0.3, 0.4) is 0 Å². The molecule has 0 saturated carbocycles. The van der Waals surface area contributed by atoms with Crippen LogP contribution >= 0.6 is 0 Å². The Kier molecular flexibility index (Phi) is 5.35. The van der Waals surface area contributed by atoms with Gasteiger partial charge in [-0.15, -0.1) is 0 Å². The molecule has 2 rings (SSSR count). The van der Waals surface area contributed by atoms with Crippen molar-refractivity contribution in [3.8, 4) is 0 Å². The lowest BCUT2D eigenvalue weighted by molar-refractivity contribution is 0.318. The largest absolute Gasteiger partial charge is 0.409 e. The van der Waals surface area contributed by atoms with Gasteiger partial charge in [0.05, 0.1) is 0 Å². The molecule has 0 spiro atoms. The van der Waals surface area contributed by atoms with Gasteiger partial charge in [0.1, 0.15) is 0 Å².